The molecule has 0 saturated carbocycles. The van der Waals surface area contributed by atoms with Crippen molar-refractivity contribution in [3.8, 4) is 0 Å². The monoisotopic (exact) mass is 293 g/mol. The highest BCUT2D eigenvalue weighted by Gasteiger charge is 2.25. The minimum absolute atomic E-state index is 0.123. The molecule has 4 rings (SSSR count). The lowest BCUT2D eigenvalue weighted by Gasteiger charge is -2.10. The van der Waals surface area contributed by atoms with E-state index in [1.54, 1.807) is 18.3 Å². The summed E-state index contributed by atoms with van der Waals surface area (Å²) in [6.07, 6.45) is 4.71. The lowest BCUT2D eigenvalue weighted by molar-refractivity contribution is 0.0697. The minimum Gasteiger partial charge on any atom is -0.478 e. The zero-order chi connectivity index (χ0) is 15.3. The summed E-state index contributed by atoms with van der Waals surface area (Å²) in [6, 6.07) is 9.40. The second-order valence-corrected chi connectivity index (χ2v) is 5.64. The van der Waals surface area contributed by atoms with Gasteiger partial charge in [-0.15, -0.1) is 0 Å². The number of rotatable bonds is 2. The van der Waals surface area contributed by atoms with Gasteiger partial charge in [-0.3, -0.25) is 0 Å². The Labute approximate surface area is 127 Å². The molecule has 3 aromatic rings. The van der Waals surface area contributed by atoms with E-state index in [4.69, 9.17) is 0 Å². The Morgan fingerprint density at radius 2 is 2.27 bits per heavy atom. The first kappa shape index (κ1) is 12.9. The fourth-order valence-electron chi connectivity index (χ4n) is 3.19. The number of hydrogen-bond acceptors (Lipinski definition) is 3. The van der Waals surface area contributed by atoms with Crippen molar-refractivity contribution < 1.29 is 9.90 Å². The first-order valence-electron chi connectivity index (χ1n) is 7.16. The number of nitrogens with one attached hydrogen (secondary N) is 1. The van der Waals surface area contributed by atoms with Crippen LogP contribution in [0, 0.1) is 0 Å². The lowest BCUT2D eigenvalue weighted by Crippen LogP contribution is -2.05. The average molecular weight is 293 g/mol. The number of aryl methyl sites for hydroxylation is 1. The Kier molecular flexibility index (Phi) is 2.69. The topological polar surface area (TPSA) is 67.2 Å². The summed E-state index contributed by atoms with van der Waals surface area (Å²) >= 11 is 0. The summed E-state index contributed by atoms with van der Waals surface area (Å²) in [7, 11) is 1.98. The van der Waals surface area contributed by atoms with E-state index < -0.39 is 5.97 Å². The van der Waals surface area contributed by atoms with Crippen molar-refractivity contribution in [2.45, 2.75) is 12.5 Å². The van der Waals surface area contributed by atoms with Gasteiger partial charge in [-0.05, 0) is 29.8 Å². The molecule has 110 valence electrons. The van der Waals surface area contributed by atoms with Crippen molar-refractivity contribution in [2.24, 2.45) is 7.05 Å². The molecule has 22 heavy (non-hydrogen) atoms. The van der Waals surface area contributed by atoms with Crippen LogP contribution in [0.15, 0.2) is 42.7 Å². The Morgan fingerprint density at radius 3 is 3.05 bits per heavy atom. The third kappa shape index (κ3) is 1.86. The Hall–Kier alpha value is -2.82. The van der Waals surface area contributed by atoms with E-state index in [2.05, 4.69) is 22.6 Å². The largest absolute Gasteiger partial charge is 0.478 e. The standard InChI is InChI=1S/C17H15N3O2/c1-20-9-13(12-7-11(17(21)22)4-5-15(12)20)14-8-10-3-2-6-18-16(10)19-14/h2-7,9,14H,8H2,1H3,(H,18,19)(H,21,22). The van der Waals surface area contributed by atoms with Gasteiger partial charge in [-0.1, -0.05) is 6.07 Å². The molecule has 0 bridgehead atoms. The van der Waals surface area contributed by atoms with Crippen molar-refractivity contribution in [1.29, 1.82) is 0 Å². The summed E-state index contributed by atoms with van der Waals surface area (Å²) in [5.41, 5.74) is 3.65. The number of aromatic carboxylic acids is 1. The Morgan fingerprint density at radius 1 is 1.41 bits per heavy atom. The summed E-state index contributed by atoms with van der Waals surface area (Å²) in [5.74, 6) is 0.0138. The van der Waals surface area contributed by atoms with Gasteiger partial charge in [0, 0.05) is 42.3 Å². The molecule has 0 fully saturated rings. The predicted molar refractivity (Wildman–Crippen MR) is 84.2 cm³/mol. The van der Waals surface area contributed by atoms with Gasteiger partial charge in [0.2, 0.25) is 0 Å². The van der Waals surface area contributed by atoms with Gasteiger partial charge < -0.3 is 15.0 Å². The second-order valence-electron chi connectivity index (χ2n) is 5.64. The number of pyridine rings is 1. The maximum atomic E-state index is 11.2. The van der Waals surface area contributed by atoms with Crippen LogP contribution in [0.2, 0.25) is 0 Å². The highest BCUT2D eigenvalue weighted by atomic mass is 16.4. The van der Waals surface area contributed by atoms with Gasteiger partial charge >= 0.3 is 5.97 Å². The maximum absolute atomic E-state index is 11.2. The van der Waals surface area contributed by atoms with Gasteiger partial charge in [-0.25, -0.2) is 9.78 Å². The van der Waals surface area contributed by atoms with E-state index in [0.717, 1.165) is 28.7 Å². The highest BCUT2D eigenvalue weighted by molar-refractivity contribution is 5.95. The quantitative estimate of drug-likeness (QED) is 0.762. The number of nitrogens with zero attached hydrogens (tertiary/aromatic N) is 2. The van der Waals surface area contributed by atoms with Crippen LogP contribution in [0.1, 0.15) is 27.5 Å². The van der Waals surface area contributed by atoms with Crippen LogP contribution in [0.5, 0.6) is 0 Å². The normalized spacial score (nSPS) is 16.5. The molecule has 1 aromatic carbocycles. The second kappa shape index (κ2) is 4.59. The molecule has 0 radical (unpaired) electrons. The molecule has 0 spiro atoms. The fourth-order valence-corrected chi connectivity index (χ4v) is 3.19. The molecule has 1 aliphatic rings. The van der Waals surface area contributed by atoms with E-state index in [9.17, 15) is 9.90 Å². The Balaban J connectivity index is 1.82. The predicted octanol–water partition coefficient (Wildman–Crippen LogP) is 2.98. The molecule has 0 aliphatic carbocycles. The number of carbonyl (C=O) groups is 1. The molecular formula is C17H15N3O2. The number of fused-ring (bicyclic) bond motifs is 2. The zero-order valence-corrected chi connectivity index (χ0v) is 12.1. The van der Waals surface area contributed by atoms with E-state index >= 15 is 0 Å². The van der Waals surface area contributed by atoms with Crippen LogP contribution in [0.4, 0.5) is 5.82 Å². The molecule has 2 N–H and O–H groups in total. The first-order valence-corrected chi connectivity index (χ1v) is 7.16. The molecule has 5 nitrogen and oxygen atoms in total. The molecule has 0 amide bonds. The Bertz CT molecular complexity index is 873. The highest BCUT2D eigenvalue weighted by Crippen LogP contribution is 2.36. The molecule has 2 aromatic heterocycles. The van der Waals surface area contributed by atoms with Crippen molar-refractivity contribution in [3.05, 3.63) is 59.4 Å². The van der Waals surface area contributed by atoms with Gasteiger partial charge in [0.15, 0.2) is 0 Å². The van der Waals surface area contributed by atoms with Gasteiger partial charge in [0.05, 0.1) is 11.6 Å². The molecule has 1 atom stereocenters. The van der Waals surface area contributed by atoms with Crippen LogP contribution in [0.25, 0.3) is 10.9 Å². The molecule has 5 heteroatoms. The molecule has 0 saturated heterocycles. The summed E-state index contributed by atoms with van der Waals surface area (Å²) < 4.78 is 2.04. The lowest BCUT2D eigenvalue weighted by atomic mass is 10.0. The molecule has 1 unspecified atom stereocenters. The number of aromatic nitrogens is 2. The molecule has 1 aliphatic heterocycles. The number of hydrogen-bond donors (Lipinski definition) is 2. The van der Waals surface area contributed by atoms with Gasteiger partial charge in [0.1, 0.15) is 5.82 Å². The van der Waals surface area contributed by atoms with Crippen molar-refractivity contribution in [3.63, 3.8) is 0 Å². The van der Waals surface area contributed by atoms with Crippen LogP contribution < -0.4 is 5.32 Å². The summed E-state index contributed by atoms with van der Waals surface area (Å²) in [4.78, 5) is 15.6. The molecular weight excluding hydrogens is 278 g/mol. The van der Waals surface area contributed by atoms with Crippen LogP contribution >= 0.6 is 0 Å². The summed E-state index contributed by atoms with van der Waals surface area (Å²) in [5, 5.41) is 13.6. The number of carboxylic acid groups (broad SMARTS) is 1. The first-order chi connectivity index (χ1) is 10.6. The van der Waals surface area contributed by atoms with E-state index in [1.165, 1.54) is 5.56 Å². The van der Waals surface area contributed by atoms with Crippen molar-refractivity contribution in [2.75, 3.05) is 5.32 Å². The van der Waals surface area contributed by atoms with Gasteiger partial charge in [0.25, 0.3) is 0 Å². The smallest absolute Gasteiger partial charge is 0.335 e. The zero-order valence-electron chi connectivity index (χ0n) is 12.1. The third-order valence-corrected chi connectivity index (χ3v) is 4.27. The third-order valence-electron chi connectivity index (χ3n) is 4.27. The summed E-state index contributed by atoms with van der Waals surface area (Å²) in [6.45, 7) is 0. The SMILES string of the molecule is Cn1cc(C2Cc3cccnc3N2)c2cc(C(=O)O)ccc21. The van der Waals surface area contributed by atoms with Crippen molar-refractivity contribution in [1.82, 2.24) is 9.55 Å². The minimum atomic E-state index is -0.902. The molecule has 3 heterocycles. The number of anilines is 1. The van der Waals surface area contributed by atoms with E-state index in [-0.39, 0.29) is 6.04 Å². The van der Waals surface area contributed by atoms with Crippen LogP contribution in [0.3, 0.4) is 0 Å². The number of carboxylic acids is 1. The van der Waals surface area contributed by atoms with E-state index in [0.29, 0.717) is 5.56 Å². The fraction of sp³-hybridized carbons (Fsp3) is 0.176. The van der Waals surface area contributed by atoms with Crippen LogP contribution in [-0.2, 0) is 13.5 Å². The van der Waals surface area contributed by atoms with Crippen LogP contribution in [-0.4, -0.2) is 20.6 Å². The average Bonchev–Trinajstić information content (AvgIpc) is 3.08. The van der Waals surface area contributed by atoms with Crippen molar-refractivity contribution >= 4 is 22.7 Å². The number of benzene rings is 1. The maximum Gasteiger partial charge on any atom is 0.335 e. The van der Waals surface area contributed by atoms with E-state index in [1.807, 2.05) is 23.7 Å². The van der Waals surface area contributed by atoms with Gasteiger partial charge in [-0.2, -0.15) is 0 Å².